The second-order valence-corrected chi connectivity index (χ2v) is 6.79. The highest BCUT2D eigenvalue weighted by atomic mass is 15.3. The molecule has 4 rings (SSSR count). The molecule has 2 aliphatic rings. The zero-order valence-corrected chi connectivity index (χ0v) is 12.7. The Hall–Kier alpha value is -1.96. The van der Waals surface area contributed by atoms with Gasteiger partial charge in [0.25, 0.3) is 0 Å². The zero-order chi connectivity index (χ0) is 14.7. The van der Waals surface area contributed by atoms with E-state index in [1.165, 1.54) is 11.1 Å². The fourth-order valence-electron chi connectivity index (χ4n) is 4.84. The molecule has 106 valence electrons. The number of rotatable bonds is 2. The Balaban J connectivity index is 1.97. The topological polar surface area (TPSA) is 24.7 Å². The highest BCUT2D eigenvalue weighted by Gasteiger charge is 2.85. The van der Waals surface area contributed by atoms with Crippen molar-refractivity contribution in [2.45, 2.75) is 37.3 Å². The van der Waals surface area contributed by atoms with E-state index in [2.05, 4.69) is 86.5 Å². The van der Waals surface area contributed by atoms with Gasteiger partial charge in [0.15, 0.2) is 0 Å². The number of azo groups is 1. The Labute approximate surface area is 125 Å². The lowest BCUT2D eigenvalue weighted by molar-refractivity contribution is 0.376. The van der Waals surface area contributed by atoms with Gasteiger partial charge in [0.1, 0.15) is 5.54 Å². The summed E-state index contributed by atoms with van der Waals surface area (Å²) in [4.78, 5) is 0. The molecule has 1 saturated carbocycles. The maximum Gasteiger partial charge on any atom is 0.122 e. The SMILES string of the molecule is C[C@@H]1[C@@]2(c3ccccc3)N=NC(C)(C)[C@@]12c1ccccc1. The lowest BCUT2D eigenvalue weighted by Gasteiger charge is -2.29. The molecule has 0 bridgehead atoms. The van der Waals surface area contributed by atoms with Gasteiger partial charge in [-0.25, -0.2) is 0 Å². The maximum absolute atomic E-state index is 4.82. The predicted molar refractivity (Wildman–Crippen MR) is 84.3 cm³/mol. The molecule has 0 amide bonds. The van der Waals surface area contributed by atoms with Crippen LogP contribution in [0.5, 0.6) is 0 Å². The minimum Gasteiger partial charge on any atom is -0.186 e. The molecule has 2 nitrogen and oxygen atoms in total. The van der Waals surface area contributed by atoms with Gasteiger partial charge in [-0.1, -0.05) is 67.6 Å². The molecule has 21 heavy (non-hydrogen) atoms. The Morgan fingerprint density at radius 2 is 1.29 bits per heavy atom. The molecule has 0 spiro atoms. The van der Waals surface area contributed by atoms with Crippen LogP contribution in [-0.4, -0.2) is 5.54 Å². The van der Waals surface area contributed by atoms with Crippen molar-refractivity contribution in [3.8, 4) is 0 Å². The van der Waals surface area contributed by atoms with Crippen molar-refractivity contribution in [1.82, 2.24) is 0 Å². The third kappa shape index (κ3) is 1.25. The summed E-state index contributed by atoms with van der Waals surface area (Å²) in [6.45, 7) is 6.76. The highest BCUT2D eigenvalue weighted by molar-refractivity contribution is 5.56. The summed E-state index contributed by atoms with van der Waals surface area (Å²) in [5.41, 5.74) is 2.25. The second kappa shape index (κ2) is 3.82. The quantitative estimate of drug-likeness (QED) is 0.758. The second-order valence-electron chi connectivity index (χ2n) is 6.79. The van der Waals surface area contributed by atoms with Crippen molar-refractivity contribution in [2.75, 3.05) is 0 Å². The first-order valence-corrected chi connectivity index (χ1v) is 7.62. The van der Waals surface area contributed by atoms with Gasteiger partial charge in [0.05, 0.1) is 11.0 Å². The molecular weight excluding hydrogens is 256 g/mol. The number of fused-ring (bicyclic) bond motifs is 1. The van der Waals surface area contributed by atoms with Crippen LogP contribution in [0.15, 0.2) is 70.9 Å². The van der Waals surface area contributed by atoms with Crippen LogP contribution in [0.2, 0.25) is 0 Å². The van der Waals surface area contributed by atoms with Crippen molar-refractivity contribution in [3.05, 3.63) is 71.8 Å². The Kier molecular flexibility index (Phi) is 2.32. The first kappa shape index (κ1) is 12.8. The fraction of sp³-hybridized carbons (Fsp3) is 0.368. The number of hydrogen-bond donors (Lipinski definition) is 0. The van der Waals surface area contributed by atoms with Gasteiger partial charge in [-0.3, -0.25) is 0 Å². The van der Waals surface area contributed by atoms with Crippen molar-refractivity contribution >= 4 is 0 Å². The molecule has 0 saturated heterocycles. The third-order valence-corrected chi connectivity index (χ3v) is 5.66. The Morgan fingerprint density at radius 3 is 1.86 bits per heavy atom. The van der Waals surface area contributed by atoms with E-state index < -0.39 is 0 Å². The van der Waals surface area contributed by atoms with E-state index in [1.807, 2.05) is 0 Å². The Morgan fingerprint density at radius 1 is 0.762 bits per heavy atom. The lowest BCUT2D eigenvalue weighted by Crippen LogP contribution is -2.36. The molecule has 0 aromatic heterocycles. The summed E-state index contributed by atoms with van der Waals surface area (Å²) in [5, 5.41) is 9.49. The molecule has 0 unspecified atom stereocenters. The predicted octanol–water partition coefficient (Wildman–Crippen LogP) is 4.71. The molecular formula is C19H20N2. The summed E-state index contributed by atoms with van der Waals surface area (Å²) >= 11 is 0. The summed E-state index contributed by atoms with van der Waals surface area (Å²) in [6, 6.07) is 21.5. The van der Waals surface area contributed by atoms with E-state index in [1.54, 1.807) is 0 Å². The third-order valence-electron chi connectivity index (χ3n) is 5.66. The lowest BCUT2D eigenvalue weighted by atomic mass is 9.74. The van der Waals surface area contributed by atoms with Crippen LogP contribution < -0.4 is 0 Å². The van der Waals surface area contributed by atoms with Crippen LogP contribution in [0.1, 0.15) is 31.9 Å². The van der Waals surface area contributed by atoms with Crippen LogP contribution >= 0.6 is 0 Å². The normalized spacial score (nSPS) is 35.5. The van der Waals surface area contributed by atoms with Gasteiger partial charge in [-0.05, 0) is 25.0 Å². The molecule has 0 N–H and O–H groups in total. The monoisotopic (exact) mass is 276 g/mol. The van der Waals surface area contributed by atoms with Gasteiger partial charge in [-0.2, -0.15) is 10.2 Å². The average molecular weight is 276 g/mol. The van der Waals surface area contributed by atoms with Gasteiger partial charge >= 0.3 is 0 Å². The molecule has 1 aliphatic carbocycles. The van der Waals surface area contributed by atoms with E-state index in [4.69, 9.17) is 5.11 Å². The van der Waals surface area contributed by atoms with Crippen LogP contribution in [-0.2, 0) is 11.0 Å². The highest BCUT2D eigenvalue weighted by Crippen LogP contribution is 2.78. The van der Waals surface area contributed by atoms with E-state index in [9.17, 15) is 0 Å². The first-order valence-electron chi connectivity index (χ1n) is 7.62. The largest absolute Gasteiger partial charge is 0.186 e. The molecule has 2 heteroatoms. The summed E-state index contributed by atoms with van der Waals surface area (Å²) in [7, 11) is 0. The van der Waals surface area contributed by atoms with Crippen LogP contribution in [0, 0.1) is 5.92 Å². The average Bonchev–Trinajstić information content (AvgIpc) is 2.97. The molecule has 2 aromatic carbocycles. The van der Waals surface area contributed by atoms with E-state index >= 15 is 0 Å². The van der Waals surface area contributed by atoms with Crippen molar-refractivity contribution < 1.29 is 0 Å². The van der Waals surface area contributed by atoms with Gasteiger partial charge < -0.3 is 0 Å². The van der Waals surface area contributed by atoms with Crippen LogP contribution in [0.3, 0.4) is 0 Å². The van der Waals surface area contributed by atoms with Crippen molar-refractivity contribution in [3.63, 3.8) is 0 Å². The van der Waals surface area contributed by atoms with Gasteiger partial charge in [0, 0.05) is 5.92 Å². The minimum absolute atomic E-state index is 0.0252. The summed E-state index contributed by atoms with van der Waals surface area (Å²) in [5.74, 6) is 0.460. The first-order chi connectivity index (χ1) is 10.1. The van der Waals surface area contributed by atoms with Crippen LogP contribution in [0.25, 0.3) is 0 Å². The summed E-state index contributed by atoms with van der Waals surface area (Å²) in [6.07, 6.45) is 0. The molecule has 2 aromatic rings. The molecule has 1 heterocycles. The number of hydrogen-bond acceptors (Lipinski definition) is 2. The van der Waals surface area contributed by atoms with Crippen molar-refractivity contribution in [2.24, 2.45) is 16.1 Å². The maximum atomic E-state index is 4.82. The van der Waals surface area contributed by atoms with Gasteiger partial charge in [0.2, 0.25) is 0 Å². The number of benzene rings is 2. The summed E-state index contributed by atoms with van der Waals surface area (Å²) < 4.78 is 0. The standard InChI is InChI=1S/C19H20N2/c1-14-18(15-10-6-4-7-11-15)17(2,3)20-21-19(14,18)16-12-8-5-9-13-16/h4-14H,1-3H3/t14-,18-,19-/m0/s1. The van der Waals surface area contributed by atoms with E-state index in [0.717, 1.165) is 0 Å². The zero-order valence-electron chi connectivity index (χ0n) is 12.7. The molecule has 0 radical (unpaired) electrons. The van der Waals surface area contributed by atoms with Crippen LogP contribution in [0.4, 0.5) is 0 Å². The fourth-order valence-corrected chi connectivity index (χ4v) is 4.84. The molecule has 3 atom stereocenters. The smallest absolute Gasteiger partial charge is 0.122 e. The van der Waals surface area contributed by atoms with Crippen molar-refractivity contribution in [1.29, 1.82) is 0 Å². The number of nitrogens with zero attached hydrogens (tertiary/aromatic N) is 2. The Bertz CT molecular complexity index is 705. The molecule has 1 fully saturated rings. The van der Waals surface area contributed by atoms with Gasteiger partial charge in [-0.15, -0.1) is 0 Å². The molecule has 1 aliphatic heterocycles. The van der Waals surface area contributed by atoms with E-state index in [0.29, 0.717) is 5.92 Å². The minimum atomic E-state index is -0.195. The van der Waals surface area contributed by atoms with E-state index in [-0.39, 0.29) is 16.5 Å².